The summed E-state index contributed by atoms with van der Waals surface area (Å²) in [5, 5.41) is 0. The molecule has 5 heteroatoms. The maximum Gasteiger partial charge on any atom is 0.240 e. The SMILES string of the molecule is CSCC[C@@H](N)C(=O)N1CCOCC1(C)C. The fraction of sp³-hybridized carbons (Fsp3) is 0.909. The zero-order chi connectivity index (χ0) is 12.2. The molecule has 1 fully saturated rings. The molecule has 0 aromatic carbocycles. The van der Waals surface area contributed by atoms with E-state index in [0.29, 0.717) is 19.8 Å². The first-order chi connectivity index (χ1) is 7.49. The number of nitrogens with two attached hydrogens (primary N) is 1. The minimum Gasteiger partial charge on any atom is -0.377 e. The van der Waals surface area contributed by atoms with E-state index in [1.165, 1.54) is 0 Å². The van der Waals surface area contributed by atoms with E-state index in [1.54, 1.807) is 11.8 Å². The number of nitrogens with zero attached hydrogens (tertiary/aromatic N) is 1. The number of hydrogen-bond donors (Lipinski definition) is 1. The van der Waals surface area contributed by atoms with Crippen LogP contribution in [0.3, 0.4) is 0 Å². The average Bonchev–Trinajstić information content (AvgIpc) is 2.24. The van der Waals surface area contributed by atoms with E-state index in [1.807, 2.05) is 25.0 Å². The van der Waals surface area contributed by atoms with E-state index in [9.17, 15) is 4.79 Å². The van der Waals surface area contributed by atoms with Crippen molar-refractivity contribution in [2.24, 2.45) is 5.73 Å². The number of amides is 1. The van der Waals surface area contributed by atoms with Gasteiger partial charge in [-0.1, -0.05) is 0 Å². The molecule has 0 aliphatic carbocycles. The third kappa shape index (κ3) is 3.37. The Kier molecular flexibility index (Phi) is 5.08. The molecule has 0 radical (unpaired) electrons. The van der Waals surface area contributed by atoms with Gasteiger partial charge >= 0.3 is 0 Å². The lowest BCUT2D eigenvalue weighted by molar-refractivity contribution is -0.147. The normalized spacial score (nSPS) is 21.9. The summed E-state index contributed by atoms with van der Waals surface area (Å²) in [6, 6.07) is -0.371. The van der Waals surface area contributed by atoms with Crippen LogP contribution >= 0.6 is 11.8 Å². The lowest BCUT2D eigenvalue weighted by atomic mass is 10.0. The van der Waals surface area contributed by atoms with Crippen molar-refractivity contribution in [1.82, 2.24) is 4.90 Å². The number of ether oxygens (including phenoxy) is 1. The van der Waals surface area contributed by atoms with Gasteiger partial charge in [0.25, 0.3) is 0 Å². The standard InChI is InChI=1S/C11H22N2O2S/c1-11(2)8-15-6-5-13(11)10(14)9(12)4-7-16-3/h9H,4-8,12H2,1-3H3/t9-/m1/s1. The van der Waals surface area contributed by atoms with Crippen molar-refractivity contribution < 1.29 is 9.53 Å². The van der Waals surface area contributed by atoms with Gasteiger partial charge in [0.1, 0.15) is 0 Å². The molecule has 1 atom stereocenters. The van der Waals surface area contributed by atoms with Gasteiger partial charge in [0, 0.05) is 6.54 Å². The third-order valence-electron chi connectivity index (χ3n) is 2.86. The summed E-state index contributed by atoms with van der Waals surface area (Å²) in [7, 11) is 0. The van der Waals surface area contributed by atoms with Crippen molar-refractivity contribution in [2.45, 2.75) is 31.8 Å². The molecule has 0 unspecified atom stereocenters. The Bertz CT molecular complexity index is 246. The second kappa shape index (κ2) is 5.89. The minimum absolute atomic E-state index is 0.0577. The van der Waals surface area contributed by atoms with Crippen LogP contribution in [0, 0.1) is 0 Å². The summed E-state index contributed by atoms with van der Waals surface area (Å²) < 4.78 is 5.39. The van der Waals surface area contributed by atoms with E-state index < -0.39 is 0 Å². The van der Waals surface area contributed by atoms with Crippen LogP contribution in [0.5, 0.6) is 0 Å². The van der Waals surface area contributed by atoms with Crippen LogP contribution in [-0.4, -0.2) is 54.2 Å². The average molecular weight is 246 g/mol. The monoisotopic (exact) mass is 246 g/mol. The molecule has 1 saturated heterocycles. The third-order valence-corrected chi connectivity index (χ3v) is 3.51. The van der Waals surface area contributed by atoms with Crippen molar-refractivity contribution in [2.75, 3.05) is 31.8 Å². The number of rotatable bonds is 4. The van der Waals surface area contributed by atoms with Crippen LogP contribution in [0.2, 0.25) is 0 Å². The lowest BCUT2D eigenvalue weighted by Gasteiger charge is -2.43. The Morgan fingerprint density at radius 2 is 2.31 bits per heavy atom. The molecular weight excluding hydrogens is 224 g/mol. The Hall–Kier alpha value is -0.260. The van der Waals surface area contributed by atoms with Crippen LogP contribution < -0.4 is 5.73 Å². The van der Waals surface area contributed by atoms with E-state index in [2.05, 4.69) is 0 Å². The highest BCUT2D eigenvalue weighted by Crippen LogP contribution is 2.20. The Balaban J connectivity index is 2.57. The number of carbonyl (C=O) groups excluding carboxylic acids is 1. The zero-order valence-corrected chi connectivity index (χ0v) is 11.2. The van der Waals surface area contributed by atoms with Crippen molar-refractivity contribution in [3.05, 3.63) is 0 Å². The predicted octanol–water partition coefficient (Wildman–Crippen LogP) is 0.704. The molecule has 16 heavy (non-hydrogen) atoms. The summed E-state index contributed by atoms with van der Waals surface area (Å²) >= 11 is 1.72. The fourth-order valence-electron chi connectivity index (χ4n) is 1.84. The summed E-state index contributed by atoms with van der Waals surface area (Å²) in [6.07, 6.45) is 2.77. The van der Waals surface area contributed by atoms with Crippen molar-refractivity contribution in [3.63, 3.8) is 0 Å². The molecule has 2 N–H and O–H groups in total. The molecule has 0 spiro atoms. The van der Waals surface area contributed by atoms with Gasteiger partial charge in [0.05, 0.1) is 24.8 Å². The van der Waals surface area contributed by atoms with Crippen LogP contribution in [0.1, 0.15) is 20.3 Å². The summed E-state index contributed by atoms with van der Waals surface area (Å²) in [6.45, 7) is 5.90. The van der Waals surface area contributed by atoms with Gasteiger partial charge in [-0.2, -0.15) is 11.8 Å². The quantitative estimate of drug-likeness (QED) is 0.793. The molecule has 0 bridgehead atoms. The smallest absolute Gasteiger partial charge is 0.240 e. The van der Waals surface area contributed by atoms with Gasteiger partial charge in [-0.3, -0.25) is 4.79 Å². The molecule has 1 aliphatic heterocycles. The largest absolute Gasteiger partial charge is 0.377 e. The summed E-state index contributed by atoms with van der Waals surface area (Å²) in [5.74, 6) is 0.986. The van der Waals surface area contributed by atoms with Crippen molar-refractivity contribution >= 4 is 17.7 Å². The minimum atomic E-state index is -0.371. The van der Waals surface area contributed by atoms with Crippen LogP contribution in [0.4, 0.5) is 0 Å². The van der Waals surface area contributed by atoms with Crippen LogP contribution in [-0.2, 0) is 9.53 Å². The first-order valence-electron chi connectivity index (χ1n) is 5.63. The molecule has 1 rings (SSSR count). The molecule has 1 aliphatic rings. The second-order valence-electron chi connectivity index (χ2n) is 4.74. The van der Waals surface area contributed by atoms with Gasteiger partial charge in [0.15, 0.2) is 0 Å². The first-order valence-corrected chi connectivity index (χ1v) is 7.02. The maximum absolute atomic E-state index is 12.2. The lowest BCUT2D eigenvalue weighted by Crippen LogP contribution is -2.59. The molecule has 0 saturated carbocycles. The van der Waals surface area contributed by atoms with Gasteiger partial charge in [-0.05, 0) is 32.3 Å². The van der Waals surface area contributed by atoms with Crippen LogP contribution in [0.25, 0.3) is 0 Å². The predicted molar refractivity (Wildman–Crippen MR) is 67.6 cm³/mol. The van der Waals surface area contributed by atoms with Gasteiger partial charge in [-0.15, -0.1) is 0 Å². The molecule has 1 heterocycles. The van der Waals surface area contributed by atoms with Crippen LogP contribution in [0.15, 0.2) is 0 Å². The number of morpholine rings is 1. The van der Waals surface area contributed by atoms with E-state index in [4.69, 9.17) is 10.5 Å². The number of hydrogen-bond acceptors (Lipinski definition) is 4. The Morgan fingerprint density at radius 3 is 2.88 bits per heavy atom. The van der Waals surface area contributed by atoms with Gasteiger partial charge in [0.2, 0.25) is 5.91 Å². The molecule has 1 amide bonds. The molecule has 4 nitrogen and oxygen atoms in total. The van der Waals surface area contributed by atoms with E-state index in [-0.39, 0.29) is 17.5 Å². The molecule has 0 aromatic heterocycles. The maximum atomic E-state index is 12.2. The second-order valence-corrected chi connectivity index (χ2v) is 5.73. The molecule has 0 aromatic rings. The number of carbonyl (C=O) groups is 1. The van der Waals surface area contributed by atoms with Crippen molar-refractivity contribution in [1.29, 1.82) is 0 Å². The van der Waals surface area contributed by atoms with Gasteiger partial charge < -0.3 is 15.4 Å². The summed E-state index contributed by atoms with van der Waals surface area (Å²) in [4.78, 5) is 14.0. The van der Waals surface area contributed by atoms with E-state index >= 15 is 0 Å². The Morgan fingerprint density at radius 1 is 1.62 bits per heavy atom. The van der Waals surface area contributed by atoms with E-state index in [0.717, 1.165) is 12.2 Å². The molecule has 94 valence electrons. The topological polar surface area (TPSA) is 55.6 Å². The molecular formula is C11H22N2O2S. The highest BCUT2D eigenvalue weighted by molar-refractivity contribution is 7.98. The first kappa shape index (κ1) is 13.8. The summed E-state index contributed by atoms with van der Waals surface area (Å²) in [5.41, 5.74) is 5.68. The fourth-order valence-corrected chi connectivity index (χ4v) is 2.32. The van der Waals surface area contributed by atoms with Crippen molar-refractivity contribution in [3.8, 4) is 0 Å². The van der Waals surface area contributed by atoms with Gasteiger partial charge in [-0.25, -0.2) is 0 Å². The highest BCUT2D eigenvalue weighted by Gasteiger charge is 2.35. The zero-order valence-electron chi connectivity index (χ0n) is 10.4. The highest BCUT2D eigenvalue weighted by atomic mass is 32.2. The Labute approximate surface area is 102 Å². The number of thioether (sulfide) groups is 1.